The molecule has 1 aromatic heterocycles. The lowest BCUT2D eigenvalue weighted by molar-refractivity contribution is 0.212. The van der Waals surface area contributed by atoms with Crippen molar-refractivity contribution in [3.63, 3.8) is 0 Å². The third kappa shape index (κ3) is 3.21. The van der Waals surface area contributed by atoms with Gasteiger partial charge in [-0.2, -0.15) is 9.40 Å². The molecule has 1 aliphatic heterocycles. The van der Waals surface area contributed by atoms with Crippen molar-refractivity contribution in [3.05, 3.63) is 12.4 Å². The summed E-state index contributed by atoms with van der Waals surface area (Å²) >= 11 is 0. The molecule has 114 valence electrons. The number of piperidine rings is 1. The predicted octanol–water partition coefficient (Wildman–Crippen LogP) is 0.899. The third-order valence-electron chi connectivity index (χ3n) is 4.14. The van der Waals surface area contributed by atoms with E-state index in [1.807, 2.05) is 0 Å². The quantitative estimate of drug-likeness (QED) is 0.876. The van der Waals surface area contributed by atoms with Crippen molar-refractivity contribution in [2.45, 2.75) is 38.1 Å². The fourth-order valence-corrected chi connectivity index (χ4v) is 3.96. The van der Waals surface area contributed by atoms with Crippen LogP contribution in [0.5, 0.6) is 0 Å². The highest BCUT2D eigenvalue weighted by Gasteiger charge is 2.32. The monoisotopic (exact) mass is 300 g/mol. The van der Waals surface area contributed by atoms with Crippen molar-refractivity contribution in [2.24, 2.45) is 17.6 Å². The van der Waals surface area contributed by atoms with Crippen molar-refractivity contribution < 1.29 is 8.42 Å². The zero-order chi connectivity index (χ0) is 14.8. The van der Waals surface area contributed by atoms with Gasteiger partial charge in [0.25, 0.3) is 0 Å². The Morgan fingerprint density at radius 3 is 2.80 bits per heavy atom. The summed E-state index contributed by atoms with van der Waals surface area (Å²) in [6.45, 7) is 6.71. The number of hydrogen-bond donors (Lipinski definition) is 1. The number of sulfonamides is 1. The Bertz CT molecular complexity index is 540. The summed E-state index contributed by atoms with van der Waals surface area (Å²) in [4.78, 5) is 0.288. The summed E-state index contributed by atoms with van der Waals surface area (Å²) in [7, 11) is -3.40. The van der Waals surface area contributed by atoms with Crippen LogP contribution in [0.4, 0.5) is 0 Å². The maximum Gasteiger partial charge on any atom is 0.246 e. The van der Waals surface area contributed by atoms with Gasteiger partial charge in [0.15, 0.2) is 0 Å². The first-order valence-electron chi connectivity index (χ1n) is 7.18. The number of aryl methyl sites for hydroxylation is 1. The van der Waals surface area contributed by atoms with E-state index in [0.717, 1.165) is 12.8 Å². The molecule has 6 nitrogen and oxygen atoms in total. The molecule has 0 radical (unpaired) electrons. The van der Waals surface area contributed by atoms with E-state index < -0.39 is 10.0 Å². The number of aromatic nitrogens is 2. The Hall–Kier alpha value is -0.920. The Labute approximate surface area is 121 Å². The summed E-state index contributed by atoms with van der Waals surface area (Å²) in [5.41, 5.74) is 5.45. The van der Waals surface area contributed by atoms with Crippen LogP contribution in [0.2, 0.25) is 0 Å². The fourth-order valence-electron chi connectivity index (χ4n) is 2.45. The first-order valence-corrected chi connectivity index (χ1v) is 8.62. The van der Waals surface area contributed by atoms with Gasteiger partial charge in [0, 0.05) is 25.8 Å². The molecular weight excluding hydrogens is 276 g/mol. The van der Waals surface area contributed by atoms with Crippen LogP contribution in [-0.2, 0) is 16.6 Å². The summed E-state index contributed by atoms with van der Waals surface area (Å²) in [6.07, 6.45) is 4.75. The first kappa shape index (κ1) is 15.5. The molecule has 1 aromatic rings. The average Bonchev–Trinajstić information content (AvgIpc) is 2.89. The van der Waals surface area contributed by atoms with Crippen LogP contribution in [0.3, 0.4) is 0 Å². The highest BCUT2D eigenvalue weighted by molar-refractivity contribution is 7.89. The molecule has 2 unspecified atom stereocenters. The number of hydrogen-bond acceptors (Lipinski definition) is 4. The van der Waals surface area contributed by atoms with Gasteiger partial charge in [-0.05, 0) is 31.2 Å². The van der Waals surface area contributed by atoms with Gasteiger partial charge in [-0.1, -0.05) is 13.8 Å². The van der Waals surface area contributed by atoms with Crippen LogP contribution in [0, 0.1) is 11.8 Å². The summed E-state index contributed by atoms with van der Waals surface area (Å²) in [5, 5.41) is 4.10. The highest BCUT2D eigenvalue weighted by Crippen LogP contribution is 2.27. The van der Waals surface area contributed by atoms with Crippen LogP contribution in [0.1, 0.15) is 26.7 Å². The average molecular weight is 300 g/mol. The zero-order valence-electron chi connectivity index (χ0n) is 12.2. The molecule has 0 spiro atoms. The molecule has 20 heavy (non-hydrogen) atoms. The Morgan fingerprint density at radius 2 is 2.15 bits per heavy atom. The summed E-state index contributed by atoms with van der Waals surface area (Å²) in [6, 6.07) is 0. The van der Waals surface area contributed by atoms with Gasteiger partial charge in [0.05, 0.1) is 6.20 Å². The SMILES string of the molecule is CC1CCN(S(=O)(=O)c2cnn(CCCN)c2)CC1C. The molecule has 1 aliphatic rings. The Balaban J connectivity index is 2.12. The molecule has 2 atom stereocenters. The number of rotatable bonds is 5. The first-order chi connectivity index (χ1) is 9.45. The molecule has 2 N–H and O–H groups in total. The van der Waals surface area contributed by atoms with E-state index in [0.29, 0.717) is 38.0 Å². The van der Waals surface area contributed by atoms with E-state index in [2.05, 4.69) is 18.9 Å². The zero-order valence-corrected chi connectivity index (χ0v) is 13.0. The molecule has 0 saturated carbocycles. The molecule has 7 heteroatoms. The molecule has 1 saturated heterocycles. The third-order valence-corrected chi connectivity index (χ3v) is 5.95. The van der Waals surface area contributed by atoms with Crippen molar-refractivity contribution in [1.82, 2.24) is 14.1 Å². The Morgan fingerprint density at radius 1 is 1.40 bits per heavy atom. The summed E-state index contributed by atoms with van der Waals surface area (Å²) in [5.74, 6) is 0.972. The van der Waals surface area contributed by atoms with Crippen molar-refractivity contribution in [2.75, 3.05) is 19.6 Å². The molecular formula is C13H24N4O2S. The van der Waals surface area contributed by atoms with Crippen LogP contribution < -0.4 is 5.73 Å². The van der Waals surface area contributed by atoms with Crippen LogP contribution in [0.15, 0.2) is 17.3 Å². The molecule has 1 fully saturated rings. The minimum atomic E-state index is -3.40. The molecule has 0 aliphatic carbocycles. The van der Waals surface area contributed by atoms with E-state index in [4.69, 9.17) is 5.73 Å². The maximum absolute atomic E-state index is 12.6. The lowest BCUT2D eigenvalue weighted by atomic mass is 9.90. The lowest BCUT2D eigenvalue weighted by Gasteiger charge is -2.34. The number of nitrogens with two attached hydrogens (primary N) is 1. The smallest absolute Gasteiger partial charge is 0.246 e. The van der Waals surface area contributed by atoms with Gasteiger partial charge in [-0.15, -0.1) is 0 Å². The van der Waals surface area contributed by atoms with E-state index >= 15 is 0 Å². The Kier molecular flexibility index (Phi) is 4.82. The van der Waals surface area contributed by atoms with E-state index in [9.17, 15) is 8.42 Å². The largest absolute Gasteiger partial charge is 0.330 e. The second-order valence-electron chi connectivity index (χ2n) is 5.69. The lowest BCUT2D eigenvalue weighted by Crippen LogP contribution is -2.42. The van der Waals surface area contributed by atoms with Crippen LogP contribution >= 0.6 is 0 Å². The minimum absolute atomic E-state index is 0.288. The van der Waals surface area contributed by atoms with Crippen LogP contribution in [0.25, 0.3) is 0 Å². The fraction of sp³-hybridized carbons (Fsp3) is 0.769. The van der Waals surface area contributed by atoms with Gasteiger partial charge >= 0.3 is 0 Å². The van der Waals surface area contributed by atoms with Crippen molar-refractivity contribution in [3.8, 4) is 0 Å². The predicted molar refractivity (Wildman–Crippen MR) is 77.6 cm³/mol. The van der Waals surface area contributed by atoms with Gasteiger partial charge in [-0.25, -0.2) is 8.42 Å². The van der Waals surface area contributed by atoms with E-state index in [1.54, 1.807) is 15.2 Å². The van der Waals surface area contributed by atoms with Gasteiger partial charge in [0.1, 0.15) is 4.90 Å². The van der Waals surface area contributed by atoms with E-state index in [-0.39, 0.29) is 4.90 Å². The second-order valence-corrected chi connectivity index (χ2v) is 7.63. The van der Waals surface area contributed by atoms with Crippen molar-refractivity contribution >= 4 is 10.0 Å². The van der Waals surface area contributed by atoms with Crippen molar-refractivity contribution in [1.29, 1.82) is 0 Å². The van der Waals surface area contributed by atoms with Gasteiger partial charge < -0.3 is 5.73 Å². The highest BCUT2D eigenvalue weighted by atomic mass is 32.2. The second kappa shape index (κ2) is 6.24. The molecule has 2 rings (SSSR count). The van der Waals surface area contributed by atoms with Gasteiger partial charge in [0.2, 0.25) is 10.0 Å². The van der Waals surface area contributed by atoms with Crippen LogP contribution in [-0.4, -0.2) is 42.1 Å². The molecule has 0 amide bonds. The minimum Gasteiger partial charge on any atom is -0.330 e. The maximum atomic E-state index is 12.6. The normalized spacial score (nSPS) is 24.9. The van der Waals surface area contributed by atoms with Gasteiger partial charge in [-0.3, -0.25) is 4.68 Å². The molecule has 0 aromatic carbocycles. The standard InChI is InChI=1S/C13H24N4O2S/c1-11-4-7-17(9-12(11)2)20(18,19)13-8-15-16(10-13)6-3-5-14/h8,10-12H,3-7,9,14H2,1-2H3. The molecule has 0 bridgehead atoms. The van der Waals surface area contributed by atoms with E-state index in [1.165, 1.54) is 6.20 Å². The topological polar surface area (TPSA) is 81.2 Å². The number of nitrogens with zero attached hydrogens (tertiary/aromatic N) is 3. The molecule has 2 heterocycles. The summed E-state index contributed by atoms with van der Waals surface area (Å²) < 4.78 is 28.4.